The Labute approximate surface area is 489 Å². The molecule has 0 aliphatic heterocycles. The fourth-order valence-electron chi connectivity index (χ4n) is 9.55. The van der Waals surface area contributed by atoms with E-state index in [0.717, 1.165) is 103 Å². The van der Waals surface area contributed by atoms with Gasteiger partial charge in [0.15, 0.2) is 6.10 Å². The van der Waals surface area contributed by atoms with Crippen molar-refractivity contribution in [3.63, 3.8) is 0 Å². The first-order valence-electron chi connectivity index (χ1n) is 33.7. The summed E-state index contributed by atoms with van der Waals surface area (Å²) in [4.78, 5) is 38.3. The van der Waals surface area contributed by atoms with E-state index in [9.17, 15) is 14.4 Å². The normalized spacial score (nSPS) is 12.7. The minimum Gasteiger partial charge on any atom is -0.462 e. The maximum absolute atomic E-state index is 12.9. The molecule has 0 amide bonds. The molecular weight excluding hydrogens is 973 g/mol. The first kappa shape index (κ1) is 75.3. The van der Waals surface area contributed by atoms with Gasteiger partial charge >= 0.3 is 17.9 Å². The van der Waals surface area contributed by atoms with E-state index in [2.05, 4.69) is 118 Å². The van der Waals surface area contributed by atoms with Crippen molar-refractivity contribution in [3.05, 3.63) is 97.2 Å². The quantitative estimate of drug-likeness (QED) is 0.0261. The molecule has 0 radical (unpaired) electrons. The number of esters is 3. The Morgan fingerprint density at radius 3 is 0.823 bits per heavy atom. The summed E-state index contributed by atoms with van der Waals surface area (Å²) in [5.41, 5.74) is 0. The monoisotopic (exact) mass is 1100 g/mol. The van der Waals surface area contributed by atoms with Crippen molar-refractivity contribution < 1.29 is 28.6 Å². The van der Waals surface area contributed by atoms with Crippen molar-refractivity contribution >= 4 is 17.9 Å². The van der Waals surface area contributed by atoms with Crippen molar-refractivity contribution in [3.8, 4) is 0 Å². The molecule has 79 heavy (non-hydrogen) atoms. The third-order valence-corrected chi connectivity index (χ3v) is 14.6. The fourth-order valence-corrected chi connectivity index (χ4v) is 9.55. The first-order chi connectivity index (χ1) is 39.0. The summed E-state index contributed by atoms with van der Waals surface area (Å²) in [7, 11) is 0. The van der Waals surface area contributed by atoms with Crippen LogP contribution in [0.25, 0.3) is 0 Å². The second-order valence-electron chi connectivity index (χ2n) is 22.4. The smallest absolute Gasteiger partial charge is 0.306 e. The minimum absolute atomic E-state index is 0.101. The van der Waals surface area contributed by atoms with Gasteiger partial charge in [0.1, 0.15) is 13.2 Å². The highest BCUT2D eigenvalue weighted by Gasteiger charge is 2.19. The second kappa shape index (κ2) is 66.8. The highest BCUT2D eigenvalue weighted by atomic mass is 16.6. The molecule has 0 aromatic carbocycles. The van der Waals surface area contributed by atoms with Gasteiger partial charge in [-0.2, -0.15) is 0 Å². The number of carbonyl (C=O) groups excluding carboxylic acids is 3. The summed E-state index contributed by atoms with van der Waals surface area (Å²) >= 11 is 0. The van der Waals surface area contributed by atoms with Crippen molar-refractivity contribution in [2.45, 2.75) is 335 Å². The Balaban J connectivity index is 4.40. The molecule has 6 heteroatoms. The molecule has 1 atom stereocenters. The lowest BCUT2D eigenvalue weighted by Gasteiger charge is -2.18. The van der Waals surface area contributed by atoms with Crippen LogP contribution in [-0.2, 0) is 28.6 Å². The van der Waals surface area contributed by atoms with Gasteiger partial charge in [-0.15, -0.1) is 0 Å². The minimum atomic E-state index is -0.812. The van der Waals surface area contributed by atoms with Gasteiger partial charge in [-0.3, -0.25) is 14.4 Å². The second-order valence-corrected chi connectivity index (χ2v) is 22.4. The Bertz CT molecular complexity index is 1540. The molecule has 1 unspecified atom stereocenters. The van der Waals surface area contributed by atoms with E-state index in [1.807, 2.05) is 0 Å². The predicted molar refractivity (Wildman–Crippen MR) is 344 cm³/mol. The Hall–Kier alpha value is -3.67. The van der Waals surface area contributed by atoms with Gasteiger partial charge in [-0.05, 0) is 96.3 Å². The van der Waals surface area contributed by atoms with Gasteiger partial charge in [-0.25, -0.2) is 0 Å². The average Bonchev–Trinajstić information content (AvgIpc) is 3.45. The number of hydrogen-bond donors (Lipinski definition) is 0. The highest BCUT2D eigenvalue weighted by Crippen LogP contribution is 2.17. The molecule has 454 valence electrons. The van der Waals surface area contributed by atoms with E-state index in [4.69, 9.17) is 14.2 Å². The largest absolute Gasteiger partial charge is 0.462 e. The summed E-state index contributed by atoms with van der Waals surface area (Å²) in [5.74, 6) is -0.957. The molecule has 0 rings (SSSR count). The predicted octanol–water partition coefficient (Wildman–Crippen LogP) is 23.2. The third-order valence-electron chi connectivity index (χ3n) is 14.6. The summed E-state index contributed by atoms with van der Waals surface area (Å²) in [6, 6.07) is 0. The maximum atomic E-state index is 12.9. The number of allylic oxidation sites excluding steroid dienone is 16. The summed E-state index contributed by atoms with van der Waals surface area (Å²) < 4.78 is 16.9. The average molecular weight is 1100 g/mol. The van der Waals surface area contributed by atoms with Gasteiger partial charge in [0.25, 0.3) is 0 Å². The standard InChI is InChI=1S/C73H126O6/c1-4-7-10-13-16-19-22-25-28-30-32-34-36-38-39-41-43-45-48-51-54-57-60-63-66-72(75)78-69-70(68-77-71(74)65-62-59-56-53-50-47-27-24-21-18-15-12-9-6-3)79-73(76)67-64-61-58-55-52-49-46-44-42-40-37-35-33-31-29-26-23-20-17-14-11-8-5-2/h8,11,17,20,24,26-27,29,33,35,40,42,46,49,55,58,70H,4-7,9-10,12-16,18-19,21-23,25,28,30-32,34,36-39,41,43-45,47-48,50-54,56-57,59-69H2,1-3H3/b11-8-,20-17-,27-24-,29-26-,35-33-,42-40-,49-46-,58-55-. The van der Waals surface area contributed by atoms with Crippen molar-refractivity contribution in [2.24, 2.45) is 0 Å². The topological polar surface area (TPSA) is 78.9 Å². The Kier molecular flexibility index (Phi) is 63.7. The number of unbranched alkanes of at least 4 members (excludes halogenated alkanes) is 34. The lowest BCUT2D eigenvalue weighted by Crippen LogP contribution is -2.30. The number of ether oxygens (including phenoxy) is 3. The summed E-state index contributed by atoms with van der Waals surface area (Å²) in [5, 5.41) is 0. The van der Waals surface area contributed by atoms with E-state index in [-0.39, 0.29) is 37.5 Å². The fraction of sp³-hybridized carbons (Fsp3) is 0.740. The van der Waals surface area contributed by atoms with E-state index >= 15 is 0 Å². The molecule has 0 N–H and O–H groups in total. The zero-order valence-corrected chi connectivity index (χ0v) is 52.1. The SMILES string of the molecule is CC/C=C\C/C=C\C/C=C\C/C=C\C/C=C\C/C=C\C/C=C\CCCC(=O)OC(COC(=O)CCCCCCC/C=C\CCCCCCC)COC(=O)CCCCCCCCCCCCCCCCCCCCCCCCCC. The molecule has 0 saturated heterocycles. The van der Waals surface area contributed by atoms with Crippen LogP contribution < -0.4 is 0 Å². The molecule has 0 saturated carbocycles. The van der Waals surface area contributed by atoms with Gasteiger partial charge in [0.05, 0.1) is 0 Å². The van der Waals surface area contributed by atoms with Crippen LogP contribution in [0.1, 0.15) is 329 Å². The maximum Gasteiger partial charge on any atom is 0.306 e. The van der Waals surface area contributed by atoms with Crippen LogP contribution in [0, 0.1) is 0 Å². The van der Waals surface area contributed by atoms with Crippen LogP contribution in [0.4, 0.5) is 0 Å². The van der Waals surface area contributed by atoms with Gasteiger partial charge < -0.3 is 14.2 Å². The van der Waals surface area contributed by atoms with Crippen LogP contribution in [0.15, 0.2) is 97.2 Å². The molecule has 0 fully saturated rings. The van der Waals surface area contributed by atoms with Crippen LogP contribution in [-0.4, -0.2) is 37.2 Å². The highest BCUT2D eigenvalue weighted by molar-refractivity contribution is 5.71. The molecule has 6 nitrogen and oxygen atoms in total. The molecule has 0 aromatic rings. The van der Waals surface area contributed by atoms with Crippen molar-refractivity contribution in [1.82, 2.24) is 0 Å². The number of hydrogen-bond acceptors (Lipinski definition) is 6. The Morgan fingerprint density at radius 1 is 0.266 bits per heavy atom. The zero-order valence-electron chi connectivity index (χ0n) is 52.1. The van der Waals surface area contributed by atoms with Gasteiger partial charge in [-0.1, -0.05) is 311 Å². The van der Waals surface area contributed by atoms with Crippen LogP contribution in [0.2, 0.25) is 0 Å². The zero-order chi connectivity index (χ0) is 57.1. The molecule has 0 bridgehead atoms. The number of carbonyl (C=O) groups is 3. The van der Waals surface area contributed by atoms with Gasteiger partial charge in [0, 0.05) is 19.3 Å². The molecule has 0 aromatic heterocycles. The van der Waals surface area contributed by atoms with E-state index < -0.39 is 6.10 Å². The lowest BCUT2D eigenvalue weighted by atomic mass is 10.0. The first-order valence-corrected chi connectivity index (χ1v) is 33.7. The number of rotatable bonds is 61. The lowest BCUT2D eigenvalue weighted by molar-refractivity contribution is -0.167. The molecule has 0 heterocycles. The third kappa shape index (κ3) is 65.0. The van der Waals surface area contributed by atoms with E-state index in [1.54, 1.807) is 0 Å². The summed E-state index contributed by atoms with van der Waals surface area (Å²) in [6.07, 6.45) is 90.0. The van der Waals surface area contributed by atoms with Gasteiger partial charge in [0.2, 0.25) is 0 Å². The van der Waals surface area contributed by atoms with Crippen molar-refractivity contribution in [1.29, 1.82) is 0 Å². The van der Waals surface area contributed by atoms with Crippen molar-refractivity contribution in [2.75, 3.05) is 13.2 Å². The van der Waals surface area contributed by atoms with E-state index in [0.29, 0.717) is 19.3 Å². The Morgan fingerprint density at radius 2 is 0.506 bits per heavy atom. The molecule has 0 aliphatic carbocycles. The summed E-state index contributed by atoms with van der Waals surface area (Å²) in [6.45, 7) is 6.50. The molecule has 0 spiro atoms. The molecule has 0 aliphatic rings. The van der Waals surface area contributed by atoms with Crippen LogP contribution in [0.5, 0.6) is 0 Å². The van der Waals surface area contributed by atoms with Crippen LogP contribution in [0.3, 0.4) is 0 Å². The van der Waals surface area contributed by atoms with Crippen LogP contribution >= 0.6 is 0 Å². The van der Waals surface area contributed by atoms with E-state index in [1.165, 1.54) is 180 Å². The molecular formula is C73H126O6.